The Bertz CT molecular complexity index is 271. The Hall–Kier alpha value is -1.38. The molecule has 1 aromatic rings. The van der Waals surface area contributed by atoms with Gasteiger partial charge in [-0.25, -0.2) is 0 Å². The van der Waals surface area contributed by atoms with E-state index in [1.165, 1.54) is 0 Å². The number of nitrogens with zero attached hydrogens (tertiary/aromatic N) is 1. The normalized spacial score (nSPS) is 8.59. The number of nitrogens with two attached hydrogens (primary N) is 1. The number of nitrogen functional groups attached to an aromatic ring is 1. The summed E-state index contributed by atoms with van der Waals surface area (Å²) >= 11 is 0. The molecule has 0 aromatic carbocycles. The molecule has 0 atom stereocenters. The summed E-state index contributed by atoms with van der Waals surface area (Å²) < 4.78 is 0. The van der Waals surface area contributed by atoms with Crippen molar-refractivity contribution >= 4 is 11.5 Å². The number of carbonyl (C=O) groups excluding carboxylic acids is 1. The highest BCUT2D eigenvalue weighted by molar-refractivity contribution is 5.78. The highest BCUT2D eigenvalue weighted by atomic mass is 16.1. The van der Waals surface area contributed by atoms with Crippen LogP contribution in [0.3, 0.4) is 0 Å². The standard InChI is InChI=1S/C7H14O.C5H6N2.C2H6/c1-4-7(8)5-6(2)3;6-5-2-1-3-7-4-5;1-2/h6H,4-5H2,1-3H3;1-4H,6H2;1-2H3. The van der Waals surface area contributed by atoms with Crippen molar-refractivity contribution in [3.05, 3.63) is 24.5 Å². The molecule has 2 N–H and O–H groups in total. The number of aromatic nitrogens is 1. The zero-order chi connectivity index (χ0) is 13.7. The van der Waals surface area contributed by atoms with Gasteiger partial charge in [0, 0.05) is 25.2 Å². The molecule has 0 saturated carbocycles. The summed E-state index contributed by atoms with van der Waals surface area (Å²) in [6.45, 7) is 10.0. The molecule has 98 valence electrons. The highest BCUT2D eigenvalue weighted by Gasteiger charge is 1.99. The highest BCUT2D eigenvalue weighted by Crippen LogP contribution is 2.01. The minimum atomic E-state index is 0.375. The Kier molecular flexibility index (Phi) is 13.4. The van der Waals surface area contributed by atoms with Gasteiger partial charge in [-0.3, -0.25) is 9.78 Å². The molecule has 1 heterocycles. The molecule has 0 spiro atoms. The van der Waals surface area contributed by atoms with Gasteiger partial charge >= 0.3 is 0 Å². The average Bonchev–Trinajstić information content (AvgIpc) is 2.32. The molecule has 0 radical (unpaired) electrons. The van der Waals surface area contributed by atoms with Gasteiger partial charge in [0.15, 0.2) is 0 Å². The molecule has 1 rings (SSSR count). The van der Waals surface area contributed by atoms with Crippen LogP contribution in [0.25, 0.3) is 0 Å². The second-order valence-electron chi connectivity index (χ2n) is 3.78. The molecule has 0 bridgehead atoms. The smallest absolute Gasteiger partial charge is 0.132 e. The fourth-order valence-electron chi connectivity index (χ4n) is 0.976. The van der Waals surface area contributed by atoms with E-state index in [0.29, 0.717) is 23.8 Å². The lowest BCUT2D eigenvalue weighted by Gasteiger charge is -1.98. The zero-order valence-electron chi connectivity index (χ0n) is 11.7. The molecule has 0 unspecified atom stereocenters. The number of ketones is 1. The maximum absolute atomic E-state index is 10.6. The third-order valence-electron chi connectivity index (χ3n) is 1.71. The molecule has 3 nitrogen and oxygen atoms in total. The number of hydrogen-bond donors (Lipinski definition) is 1. The lowest BCUT2D eigenvalue weighted by molar-refractivity contribution is -0.119. The third-order valence-corrected chi connectivity index (χ3v) is 1.71. The first-order chi connectivity index (χ1) is 8.06. The van der Waals surface area contributed by atoms with Crippen LogP contribution < -0.4 is 5.73 Å². The number of Topliss-reactive ketones (excluding diaryl/α,β-unsaturated/α-hetero) is 1. The molecule has 1 aromatic heterocycles. The lowest BCUT2D eigenvalue weighted by atomic mass is 10.1. The third kappa shape index (κ3) is 14.6. The first kappa shape index (κ1) is 18.0. The summed E-state index contributed by atoms with van der Waals surface area (Å²) in [7, 11) is 0. The Morgan fingerprint density at radius 2 is 2.00 bits per heavy atom. The van der Waals surface area contributed by atoms with E-state index in [2.05, 4.69) is 18.8 Å². The molecule has 0 aliphatic carbocycles. The second-order valence-corrected chi connectivity index (χ2v) is 3.78. The first-order valence-corrected chi connectivity index (χ1v) is 6.23. The van der Waals surface area contributed by atoms with Gasteiger partial charge in [-0.05, 0) is 18.1 Å². The second kappa shape index (κ2) is 12.7. The van der Waals surface area contributed by atoms with Crippen molar-refractivity contribution in [2.45, 2.75) is 47.5 Å². The van der Waals surface area contributed by atoms with Crippen molar-refractivity contribution in [3.8, 4) is 0 Å². The Morgan fingerprint density at radius 3 is 2.18 bits per heavy atom. The number of anilines is 1. The predicted octanol–water partition coefficient (Wildman–Crippen LogP) is 3.70. The summed E-state index contributed by atoms with van der Waals surface area (Å²) in [6, 6.07) is 3.60. The van der Waals surface area contributed by atoms with Crippen LogP contribution >= 0.6 is 0 Å². The number of rotatable bonds is 3. The molecule has 0 saturated heterocycles. The van der Waals surface area contributed by atoms with Crippen molar-refractivity contribution < 1.29 is 4.79 Å². The van der Waals surface area contributed by atoms with Crippen LogP contribution in [0.4, 0.5) is 5.69 Å². The van der Waals surface area contributed by atoms with Gasteiger partial charge in [0.1, 0.15) is 5.78 Å². The summed E-state index contributed by atoms with van der Waals surface area (Å²) in [5.41, 5.74) is 6.01. The summed E-state index contributed by atoms with van der Waals surface area (Å²) in [5.74, 6) is 0.905. The molecular formula is C14H26N2O. The quantitative estimate of drug-likeness (QED) is 0.873. The van der Waals surface area contributed by atoms with Crippen LogP contribution in [0.5, 0.6) is 0 Å². The van der Waals surface area contributed by atoms with E-state index >= 15 is 0 Å². The van der Waals surface area contributed by atoms with Crippen LogP contribution in [0.1, 0.15) is 47.5 Å². The fourth-order valence-corrected chi connectivity index (χ4v) is 0.976. The van der Waals surface area contributed by atoms with Crippen LogP contribution in [-0.2, 0) is 4.79 Å². The van der Waals surface area contributed by atoms with Gasteiger partial charge in [0.2, 0.25) is 0 Å². The summed E-state index contributed by atoms with van der Waals surface area (Å²) in [6.07, 6.45) is 4.74. The first-order valence-electron chi connectivity index (χ1n) is 6.23. The average molecular weight is 238 g/mol. The van der Waals surface area contributed by atoms with Gasteiger partial charge in [-0.2, -0.15) is 0 Å². The molecule has 3 heteroatoms. The van der Waals surface area contributed by atoms with Gasteiger partial charge < -0.3 is 5.73 Å². The number of carbonyl (C=O) groups is 1. The van der Waals surface area contributed by atoms with E-state index in [4.69, 9.17) is 5.73 Å². The van der Waals surface area contributed by atoms with Crippen LogP contribution in [0, 0.1) is 5.92 Å². The van der Waals surface area contributed by atoms with Crippen molar-refractivity contribution in [1.29, 1.82) is 0 Å². The topological polar surface area (TPSA) is 56.0 Å². The van der Waals surface area contributed by atoms with Gasteiger partial charge in [-0.15, -0.1) is 0 Å². The number of pyridine rings is 1. The van der Waals surface area contributed by atoms with Crippen LogP contribution in [-0.4, -0.2) is 10.8 Å². The Morgan fingerprint density at radius 1 is 1.41 bits per heavy atom. The van der Waals surface area contributed by atoms with E-state index < -0.39 is 0 Å². The summed E-state index contributed by atoms with van der Waals surface area (Å²) in [4.78, 5) is 14.4. The van der Waals surface area contributed by atoms with Crippen molar-refractivity contribution in [2.75, 3.05) is 5.73 Å². The molecule has 0 amide bonds. The van der Waals surface area contributed by atoms with E-state index in [1.807, 2.05) is 20.8 Å². The lowest BCUT2D eigenvalue weighted by Crippen LogP contribution is -1.99. The molecule has 0 aliphatic heterocycles. The maximum Gasteiger partial charge on any atom is 0.132 e. The van der Waals surface area contributed by atoms with Crippen molar-refractivity contribution in [1.82, 2.24) is 4.98 Å². The summed E-state index contributed by atoms with van der Waals surface area (Å²) in [5, 5.41) is 0. The molecular weight excluding hydrogens is 212 g/mol. The monoisotopic (exact) mass is 238 g/mol. The molecule has 0 fully saturated rings. The Labute approximate surface area is 105 Å². The van der Waals surface area contributed by atoms with Crippen molar-refractivity contribution in [2.24, 2.45) is 5.92 Å². The molecule has 0 aliphatic rings. The van der Waals surface area contributed by atoms with Gasteiger partial charge in [-0.1, -0.05) is 34.6 Å². The van der Waals surface area contributed by atoms with Crippen molar-refractivity contribution in [3.63, 3.8) is 0 Å². The maximum atomic E-state index is 10.6. The number of hydrogen-bond acceptors (Lipinski definition) is 3. The molecule has 17 heavy (non-hydrogen) atoms. The van der Waals surface area contributed by atoms with E-state index in [9.17, 15) is 4.79 Å². The largest absolute Gasteiger partial charge is 0.397 e. The van der Waals surface area contributed by atoms with Crippen LogP contribution in [0.15, 0.2) is 24.5 Å². The minimum Gasteiger partial charge on any atom is -0.397 e. The SMILES string of the molecule is CC.CCC(=O)CC(C)C.Nc1cccnc1. The van der Waals surface area contributed by atoms with E-state index in [0.717, 1.165) is 6.42 Å². The van der Waals surface area contributed by atoms with Crippen LogP contribution in [0.2, 0.25) is 0 Å². The Balaban J connectivity index is 0. The van der Waals surface area contributed by atoms with E-state index in [-0.39, 0.29) is 0 Å². The van der Waals surface area contributed by atoms with Gasteiger partial charge in [0.05, 0.1) is 5.69 Å². The minimum absolute atomic E-state index is 0.375. The predicted molar refractivity (Wildman–Crippen MR) is 74.8 cm³/mol. The van der Waals surface area contributed by atoms with E-state index in [1.54, 1.807) is 24.5 Å². The fraction of sp³-hybridized carbons (Fsp3) is 0.571. The van der Waals surface area contributed by atoms with Gasteiger partial charge in [0.25, 0.3) is 0 Å². The zero-order valence-corrected chi connectivity index (χ0v) is 11.7.